The summed E-state index contributed by atoms with van der Waals surface area (Å²) in [5.74, 6) is 0.615. The Morgan fingerprint density at radius 3 is 2.55 bits per heavy atom. The van der Waals surface area contributed by atoms with E-state index in [1.54, 1.807) is 0 Å². The van der Waals surface area contributed by atoms with E-state index in [4.69, 9.17) is 0 Å². The molecule has 22 heavy (non-hydrogen) atoms. The highest BCUT2D eigenvalue weighted by Gasteiger charge is 2.17. The van der Waals surface area contributed by atoms with Crippen molar-refractivity contribution in [3.63, 3.8) is 0 Å². The van der Waals surface area contributed by atoms with E-state index in [1.165, 1.54) is 5.56 Å². The van der Waals surface area contributed by atoms with E-state index < -0.39 is 0 Å². The zero-order valence-corrected chi connectivity index (χ0v) is 13.5. The van der Waals surface area contributed by atoms with Gasteiger partial charge in [-0.05, 0) is 30.9 Å². The van der Waals surface area contributed by atoms with E-state index in [-0.39, 0.29) is 30.6 Å². The second kappa shape index (κ2) is 8.08. The van der Waals surface area contributed by atoms with Gasteiger partial charge in [0.15, 0.2) is 5.78 Å². The van der Waals surface area contributed by atoms with Crippen molar-refractivity contribution in [3.05, 3.63) is 35.4 Å². The molecule has 0 aliphatic carbocycles. The summed E-state index contributed by atoms with van der Waals surface area (Å²) < 4.78 is 0. The van der Waals surface area contributed by atoms with Gasteiger partial charge in [0.05, 0.1) is 0 Å². The molecule has 0 radical (unpaired) electrons. The summed E-state index contributed by atoms with van der Waals surface area (Å²) in [5, 5.41) is 6.17. The Balaban J connectivity index is 1.77. The number of nitrogens with one attached hydrogen (secondary N) is 2. The lowest BCUT2D eigenvalue weighted by Gasteiger charge is -2.11. The topological polar surface area (TPSA) is 58.2 Å². The highest BCUT2D eigenvalue weighted by molar-refractivity contribution is 5.98. The third kappa shape index (κ3) is 5.26. The van der Waals surface area contributed by atoms with E-state index in [0.717, 1.165) is 25.9 Å². The molecule has 4 nitrogen and oxygen atoms in total. The van der Waals surface area contributed by atoms with Gasteiger partial charge in [-0.2, -0.15) is 0 Å². The van der Waals surface area contributed by atoms with Gasteiger partial charge in [-0.3, -0.25) is 9.59 Å². The van der Waals surface area contributed by atoms with Gasteiger partial charge in [0, 0.05) is 31.0 Å². The normalized spacial score (nSPS) is 17.7. The van der Waals surface area contributed by atoms with Gasteiger partial charge in [0.25, 0.3) is 0 Å². The second-order valence-electron chi connectivity index (χ2n) is 6.48. The molecule has 2 rings (SSSR count). The summed E-state index contributed by atoms with van der Waals surface area (Å²) in [6.45, 7) is 6.14. The number of amides is 1. The molecular weight excluding hydrogens is 276 g/mol. The first-order valence-corrected chi connectivity index (χ1v) is 8.17. The molecule has 1 aromatic rings. The molecule has 1 atom stereocenters. The molecule has 0 bridgehead atoms. The molecule has 0 spiro atoms. The zero-order chi connectivity index (χ0) is 15.9. The van der Waals surface area contributed by atoms with Gasteiger partial charge < -0.3 is 10.6 Å². The van der Waals surface area contributed by atoms with Crippen LogP contribution in [0.15, 0.2) is 24.3 Å². The van der Waals surface area contributed by atoms with Crippen LogP contribution in [0.4, 0.5) is 0 Å². The third-order valence-electron chi connectivity index (χ3n) is 3.92. The van der Waals surface area contributed by atoms with Crippen molar-refractivity contribution in [2.24, 2.45) is 5.92 Å². The highest BCUT2D eigenvalue weighted by Crippen LogP contribution is 2.12. The maximum atomic E-state index is 12.1. The van der Waals surface area contributed by atoms with Crippen molar-refractivity contribution in [1.29, 1.82) is 0 Å². The summed E-state index contributed by atoms with van der Waals surface area (Å²) in [5.41, 5.74) is 1.95. The van der Waals surface area contributed by atoms with Gasteiger partial charge in [-0.25, -0.2) is 0 Å². The molecule has 1 heterocycles. The SMILES string of the molecule is CC(C)Cc1ccc(C(=O)CCC(=O)NC2CCNC2)cc1. The first-order chi connectivity index (χ1) is 10.5. The number of hydrogen-bond donors (Lipinski definition) is 2. The van der Waals surface area contributed by atoms with Gasteiger partial charge in [-0.1, -0.05) is 38.1 Å². The average molecular weight is 302 g/mol. The van der Waals surface area contributed by atoms with E-state index in [1.807, 2.05) is 24.3 Å². The van der Waals surface area contributed by atoms with Gasteiger partial charge >= 0.3 is 0 Å². The zero-order valence-electron chi connectivity index (χ0n) is 13.5. The quantitative estimate of drug-likeness (QED) is 0.760. The number of Topliss-reactive ketones (excluding diaryl/α,β-unsaturated/α-hetero) is 1. The van der Waals surface area contributed by atoms with Crippen molar-refractivity contribution in [2.75, 3.05) is 13.1 Å². The average Bonchev–Trinajstić information content (AvgIpc) is 2.98. The Morgan fingerprint density at radius 2 is 1.95 bits per heavy atom. The van der Waals surface area contributed by atoms with Crippen molar-refractivity contribution < 1.29 is 9.59 Å². The van der Waals surface area contributed by atoms with Crippen molar-refractivity contribution in [3.8, 4) is 0 Å². The van der Waals surface area contributed by atoms with Crippen LogP contribution in [0.3, 0.4) is 0 Å². The molecule has 1 aliphatic heterocycles. The largest absolute Gasteiger partial charge is 0.352 e. The van der Waals surface area contributed by atoms with E-state index >= 15 is 0 Å². The van der Waals surface area contributed by atoms with Crippen LogP contribution in [0, 0.1) is 5.92 Å². The van der Waals surface area contributed by atoms with E-state index in [9.17, 15) is 9.59 Å². The lowest BCUT2D eigenvalue weighted by Crippen LogP contribution is -2.36. The summed E-state index contributed by atoms with van der Waals surface area (Å²) in [6, 6.07) is 7.99. The predicted molar refractivity (Wildman–Crippen MR) is 88.0 cm³/mol. The molecule has 120 valence electrons. The van der Waals surface area contributed by atoms with Crippen molar-refractivity contribution in [2.45, 2.75) is 45.6 Å². The molecule has 1 aromatic carbocycles. The maximum absolute atomic E-state index is 12.1. The molecule has 1 unspecified atom stereocenters. The molecular formula is C18H26N2O2. The Bertz CT molecular complexity index is 502. The Kier molecular flexibility index (Phi) is 6.13. The van der Waals surface area contributed by atoms with Gasteiger partial charge in [0.1, 0.15) is 0 Å². The van der Waals surface area contributed by atoms with Crippen LogP contribution in [0.5, 0.6) is 0 Å². The predicted octanol–water partition coefficient (Wildman–Crippen LogP) is 2.33. The van der Waals surface area contributed by atoms with Crippen molar-refractivity contribution in [1.82, 2.24) is 10.6 Å². The Morgan fingerprint density at radius 1 is 1.23 bits per heavy atom. The fraction of sp³-hybridized carbons (Fsp3) is 0.556. The van der Waals surface area contributed by atoms with Crippen LogP contribution in [0.1, 0.15) is 49.0 Å². The lowest BCUT2D eigenvalue weighted by molar-refractivity contribution is -0.121. The van der Waals surface area contributed by atoms with Crippen LogP contribution in [-0.4, -0.2) is 30.8 Å². The fourth-order valence-electron chi connectivity index (χ4n) is 2.75. The number of carbonyl (C=O) groups excluding carboxylic acids is 2. The first-order valence-electron chi connectivity index (χ1n) is 8.17. The number of benzene rings is 1. The third-order valence-corrected chi connectivity index (χ3v) is 3.92. The molecule has 1 saturated heterocycles. The second-order valence-corrected chi connectivity index (χ2v) is 6.48. The number of ketones is 1. The van der Waals surface area contributed by atoms with E-state index in [0.29, 0.717) is 11.5 Å². The van der Waals surface area contributed by atoms with E-state index in [2.05, 4.69) is 24.5 Å². The molecule has 1 fully saturated rings. The Hall–Kier alpha value is -1.68. The summed E-state index contributed by atoms with van der Waals surface area (Å²) >= 11 is 0. The minimum absolute atomic E-state index is 0.0292. The standard InChI is InChI=1S/C18H26N2O2/c1-13(2)11-14-3-5-15(6-4-14)17(21)7-8-18(22)20-16-9-10-19-12-16/h3-6,13,16,19H,7-12H2,1-2H3,(H,20,22). The summed E-state index contributed by atoms with van der Waals surface area (Å²) in [4.78, 5) is 23.9. The minimum atomic E-state index is -0.0292. The van der Waals surface area contributed by atoms with Crippen LogP contribution in [0.2, 0.25) is 0 Å². The minimum Gasteiger partial charge on any atom is -0.352 e. The summed E-state index contributed by atoms with van der Waals surface area (Å²) in [7, 11) is 0. The van der Waals surface area contributed by atoms with Crippen LogP contribution >= 0.6 is 0 Å². The molecule has 0 saturated carbocycles. The molecule has 1 amide bonds. The fourth-order valence-corrected chi connectivity index (χ4v) is 2.75. The summed E-state index contributed by atoms with van der Waals surface area (Å²) in [6.07, 6.45) is 2.53. The molecule has 2 N–H and O–H groups in total. The lowest BCUT2D eigenvalue weighted by atomic mass is 9.99. The van der Waals surface area contributed by atoms with Crippen LogP contribution in [-0.2, 0) is 11.2 Å². The van der Waals surface area contributed by atoms with Crippen LogP contribution in [0.25, 0.3) is 0 Å². The highest BCUT2D eigenvalue weighted by atomic mass is 16.2. The van der Waals surface area contributed by atoms with Gasteiger partial charge in [0.2, 0.25) is 5.91 Å². The van der Waals surface area contributed by atoms with Crippen LogP contribution < -0.4 is 10.6 Å². The molecule has 1 aliphatic rings. The number of carbonyl (C=O) groups is 2. The monoisotopic (exact) mass is 302 g/mol. The van der Waals surface area contributed by atoms with Gasteiger partial charge in [-0.15, -0.1) is 0 Å². The smallest absolute Gasteiger partial charge is 0.220 e. The first kappa shape index (κ1) is 16.7. The van der Waals surface area contributed by atoms with Crippen molar-refractivity contribution >= 4 is 11.7 Å². The molecule has 4 heteroatoms. The maximum Gasteiger partial charge on any atom is 0.220 e. The molecule has 0 aromatic heterocycles. The number of rotatable bonds is 7. The number of hydrogen-bond acceptors (Lipinski definition) is 3. The Labute approximate surface area is 132 Å².